The predicted octanol–water partition coefficient (Wildman–Crippen LogP) is 2.93. The average molecular weight is 210 g/mol. The van der Waals surface area contributed by atoms with Crippen LogP contribution in [0.2, 0.25) is 11.6 Å². The normalized spacial score (nSPS) is 16.1. The Hall–Kier alpha value is -0.803. The summed E-state index contributed by atoms with van der Waals surface area (Å²) < 4.78 is 5.66. The van der Waals surface area contributed by atoms with Crippen LogP contribution in [0.1, 0.15) is 20.8 Å². The van der Waals surface area contributed by atoms with E-state index in [2.05, 4.69) is 0 Å². The molecular formula is C11H18O2Si. The number of para-hydroxylation sites is 1. The summed E-state index contributed by atoms with van der Waals surface area (Å²) in [5.41, 5.74) is 0. The molecule has 0 radical (unpaired) electrons. The van der Waals surface area contributed by atoms with E-state index in [1.807, 2.05) is 57.7 Å². The van der Waals surface area contributed by atoms with Crippen molar-refractivity contribution >= 4 is 8.56 Å². The Morgan fingerprint density at radius 2 is 1.64 bits per heavy atom. The van der Waals surface area contributed by atoms with E-state index in [4.69, 9.17) is 4.43 Å². The van der Waals surface area contributed by atoms with Crippen molar-refractivity contribution in [3.05, 3.63) is 30.3 Å². The van der Waals surface area contributed by atoms with Crippen LogP contribution < -0.4 is 4.43 Å². The SMILES string of the molecule is CC(C)(C)[Si@](C)(O)Oc1ccccc1. The monoisotopic (exact) mass is 210 g/mol. The van der Waals surface area contributed by atoms with E-state index in [0.29, 0.717) is 0 Å². The summed E-state index contributed by atoms with van der Waals surface area (Å²) in [6.45, 7) is 7.83. The lowest BCUT2D eigenvalue weighted by molar-refractivity contribution is 0.335. The second-order valence-electron chi connectivity index (χ2n) is 4.65. The minimum atomic E-state index is -2.65. The zero-order valence-corrected chi connectivity index (χ0v) is 10.2. The molecule has 1 atom stereocenters. The fraction of sp³-hybridized carbons (Fsp3) is 0.455. The molecule has 0 spiro atoms. The predicted molar refractivity (Wildman–Crippen MR) is 60.6 cm³/mol. The van der Waals surface area contributed by atoms with E-state index in [1.165, 1.54) is 0 Å². The van der Waals surface area contributed by atoms with Gasteiger partial charge in [0, 0.05) is 5.04 Å². The zero-order chi connectivity index (χ0) is 10.8. The van der Waals surface area contributed by atoms with Gasteiger partial charge in [-0.05, 0) is 18.7 Å². The van der Waals surface area contributed by atoms with Gasteiger partial charge < -0.3 is 9.22 Å². The fourth-order valence-corrected chi connectivity index (χ4v) is 1.77. The molecule has 3 heteroatoms. The summed E-state index contributed by atoms with van der Waals surface area (Å²) in [5, 5.41) is -0.178. The molecule has 14 heavy (non-hydrogen) atoms. The highest BCUT2D eigenvalue weighted by Gasteiger charge is 2.43. The summed E-state index contributed by atoms with van der Waals surface area (Å²) in [6.07, 6.45) is 0. The van der Waals surface area contributed by atoms with Crippen molar-refractivity contribution in [3.8, 4) is 5.75 Å². The molecule has 0 amide bonds. The van der Waals surface area contributed by atoms with Gasteiger partial charge in [0.1, 0.15) is 5.75 Å². The molecule has 1 aromatic carbocycles. The summed E-state index contributed by atoms with van der Waals surface area (Å²) in [4.78, 5) is 10.2. The maximum atomic E-state index is 10.2. The van der Waals surface area contributed by atoms with E-state index < -0.39 is 8.56 Å². The van der Waals surface area contributed by atoms with Gasteiger partial charge in [-0.2, -0.15) is 0 Å². The second-order valence-corrected chi connectivity index (χ2v) is 8.32. The quantitative estimate of drug-likeness (QED) is 0.761. The molecule has 0 saturated carbocycles. The van der Waals surface area contributed by atoms with Gasteiger partial charge in [-0.1, -0.05) is 39.0 Å². The van der Waals surface area contributed by atoms with E-state index in [0.717, 1.165) is 5.75 Å². The van der Waals surface area contributed by atoms with Crippen LogP contribution in [0.15, 0.2) is 30.3 Å². The molecule has 1 aromatic rings. The first-order chi connectivity index (χ1) is 6.33. The first-order valence-electron chi connectivity index (χ1n) is 4.79. The smallest absolute Gasteiger partial charge is 0.398 e. The molecule has 0 unspecified atom stereocenters. The highest BCUT2D eigenvalue weighted by atomic mass is 28.4. The van der Waals surface area contributed by atoms with Gasteiger partial charge in [-0.3, -0.25) is 0 Å². The van der Waals surface area contributed by atoms with Gasteiger partial charge in [-0.25, -0.2) is 0 Å². The molecular weight excluding hydrogens is 192 g/mol. The van der Waals surface area contributed by atoms with Crippen molar-refractivity contribution in [1.29, 1.82) is 0 Å². The van der Waals surface area contributed by atoms with Crippen LogP contribution in [0, 0.1) is 0 Å². The molecule has 0 aliphatic carbocycles. The second kappa shape index (κ2) is 3.75. The number of hydrogen-bond donors (Lipinski definition) is 1. The van der Waals surface area contributed by atoms with E-state index >= 15 is 0 Å². The molecule has 0 heterocycles. The van der Waals surface area contributed by atoms with E-state index in [-0.39, 0.29) is 5.04 Å². The largest absolute Gasteiger partial charge is 0.520 e. The Kier molecular flexibility index (Phi) is 3.02. The van der Waals surface area contributed by atoms with Crippen LogP contribution in [-0.2, 0) is 0 Å². The standard InChI is InChI=1S/C11H18O2Si/c1-11(2,3)14(4,12)13-10-8-6-5-7-9-10/h5-9,12H,1-4H3/t14-/m1/s1. The van der Waals surface area contributed by atoms with Crippen molar-refractivity contribution < 1.29 is 9.22 Å². The van der Waals surface area contributed by atoms with Crippen molar-refractivity contribution in [2.75, 3.05) is 0 Å². The molecule has 0 bridgehead atoms. The molecule has 2 nitrogen and oxygen atoms in total. The maximum Gasteiger partial charge on any atom is 0.398 e. The molecule has 0 aliphatic rings. The first-order valence-corrected chi connectivity index (χ1v) is 7.15. The van der Waals surface area contributed by atoms with Crippen LogP contribution in [0.4, 0.5) is 0 Å². The molecule has 0 saturated heterocycles. The van der Waals surface area contributed by atoms with Gasteiger partial charge in [0.05, 0.1) is 0 Å². The van der Waals surface area contributed by atoms with E-state index in [9.17, 15) is 4.80 Å². The molecule has 0 aliphatic heterocycles. The highest BCUT2D eigenvalue weighted by molar-refractivity contribution is 6.68. The Morgan fingerprint density at radius 3 is 2.07 bits per heavy atom. The molecule has 1 N–H and O–H groups in total. The fourth-order valence-electron chi connectivity index (χ4n) is 0.871. The van der Waals surface area contributed by atoms with Gasteiger partial charge in [0.15, 0.2) is 0 Å². The van der Waals surface area contributed by atoms with Crippen LogP contribution >= 0.6 is 0 Å². The van der Waals surface area contributed by atoms with Crippen LogP contribution in [0.25, 0.3) is 0 Å². The van der Waals surface area contributed by atoms with E-state index in [1.54, 1.807) is 0 Å². The molecule has 1 rings (SSSR count). The van der Waals surface area contributed by atoms with Crippen LogP contribution in [0.5, 0.6) is 5.75 Å². The van der Waals surface area contributed by atoms with Gasteiger partial charge in [0.2, 0.25) is 0 Å². The summed E-state index contributed by atoms with van der Waals surface area (Å²) >= 11 is 0. The van der Waals surface area contributed by atoms with Crippen LogP contribution in [0.3, 0.4) is 0 Å². The third kappa shape index (κ3) is 2.59. The van der Waals surface area contributed by atoms with Crippen molar-refractivity contribution in [3.63, 3.8) is 0 Å². The third-order valence-corrected chi connectivity index (χ3v) is 5.87. The number of benzene rings is 1. The van der Waals surface area contributed by atoms with Crippen molar-refractivity contribution in [1.82, 2.24) is 0 Å². The molecule has 0 fully saturated rings. The average Bonchev–Trinajstić information content (AvgIpc) is 2.03. The lowest BCUT2D eigenvalue weighted by Crippen LogP contribution is -2.47. The third-order valence-electron chi connectivity index (χ3n) is 2.45. The zero-order valence-electron chi connectivity index (χ0n) is 9.24. The molecule has 0 aromatic heterocycles. The summed E-state index contributed by atoms with van der Waals surface area (Å²) in [7, 11) is -2.65. The van der Waals surface area contributed by atoms with Gasteiger partial charge in [0.25, 0.3) is 0 Å². The lowest BCUT2D eigenvalue weighted by Gasteiger charge is -2.33. The Balaban J connectivity index is 2.79. The minimum absolute atomic E-state index is 0.178. The van der Waals surface area contributed by atoms with Gasteiger partial charge >= 0.3 is 8.56 Å². The highest BCUT2D eigenvalue weighted by Crippen LogP contribution is 2.35. The minimum Gasteiger partial charge on any atom is -0.520 e. The first kappa shape index (κ1) is 11.3. The Labute approximate surface area is 86.8 Å². The Morgan fingerprint density at radius 1 is 1.14 bits per heavy atom. The molecule has 78 valence electrons. The lowest BCUT2D eigenvalue weighted by atomic mass is 10.3. The Bertz CT molecular complexity index is 288. The number of rotatable bonds is 2. The maximum absolute atomic E-state index is 10.2. The topological polar surface area (TPSA) is 29.5 Å². The van der Waals surface area contributed by atoms with Crippen LogP contribution in [-0.4, -0.2) is 13.4 Å². The van der Waals surface area contributed by atoms with Crippen molar-refractivity contribution in [2.45, 2.75) is 32.4 Å². The number of hydrogen-bond acceptors (Lipinski definition) is 2. The van der Waals surface area contributed by atoms with Crippen molar-refractivity contribution in [2.24, 2.45) is 0 Å². The van der Waals surface area contributed by atoms with Gasteiger partial charge in [-0.15, -0.1) is 0 Å². The summed E-state index contributed by atoms with van der Waals surface area (Å²) in [5.74, 6) is 0.749. The summed E-state index contributed by atoms with van der Waals surface area (Å²) in [6, 6.07) is 9.48.